The Labute approximate surface area is 119 Å². The van der Waals surface area contributed by atoms with Crippen molar-refractivity contribution in [2.75, 3.05) is 19.6 Å². The number of nitrogens with zero attached hydrogens (tertiary/aromatic N) is 2. The highest BCUT2D eigenvalue weighted by atomic mass is 32.1. The van der Waals surface area contributed by atoms with E-state index in [1.165, 1.54) is 11.3 Å². The third-order valence-corrected chi connectivity index (χ3v) is 4.62. The maximum Gasteiger partial charge on any atom is 0.265 e. The van der Waals surface area contributed by atoms with Crippen molar-refractivity contribution in [3.63, 3.8) is 0 Å². The van der Waals surface area contributed by atoms with Crippen molar-refractivity contribution >= 4 is 17.2 Å². The highest BCUT2D eigenvalue weighted by Crippen LogP contribution is 2.33. The zero-order chi connectivity index (χ0) is 14.3. The van der Waals surface area contributed by atoms with E-state index in [1.54, 1.807) is 5.51 Å². The number of amides is 1. The number of thiazole rings is 1. The van der Waals surface area contributed by atoms with Gasteiger partial charge in [-0.1, -0.05) is 27.7 Å². The van der Waals surface area contributed by atoms with Crippen molar-refractivity contribution in [1.29, 1.82) is 0 Å². The van der Waals surface area contributed by atoms with Gasteiger partial charge in [0.2, 0.25) is 0 Å². The summed E-state index contributed by atoms with van der Waals surface area (Å²) in [5.41, 5.74) is 8.45. The van der Waals surface area contributed by atoms with Gasteiger partial charge in [0.05, 0.1) is 11.2 Å². The molecule has 2 N–H and O–H groups in total. The molecule has 1 aliphatic rings. The Kier molecular flexibility index (Phi) is 3.71. The molecule has 0 spiro atoms. The second-order valence-electron chi connectivity index (χ2n) is 6.77. The smallest absolute Gasteiger partial charge is 0.265 e. The van der Waals surface area contributed by atoms with Gasteiger partial charge in [-0.05, 0) is 18.4 Å². The first-order valence-electron chi connectivity index (χ1n) is 6.70. The summed E-state index contributed by atoms with van der Waals surface area (Å²) in [6.45, 7) is 10.6. The summed E-state index contributed by atoms with van der Waals surface area (Å²) in [7, 11) is 0. The maximum atomic E-state index is 12.6. The minimum absolute atomic E-state index is 0.0717. The molecule has 0 aromatic carbocycles. The Bertz CT molecular complexity index is 477. The summed E-state index contributed by atoms with van der Waals surface area (Å²) in [5.74, 6) is 0.115. The third kappa shape index (κ3) is 2.82. The van der Waals surface area contributed by atoms with Crippen molar-refractivity contribution in [2.24, 2.45) is 11.1 Å². The molecule has 1 aliphatic heterocycles. The van der Waals surface area contributed by atoms with Crippen LogP contribution in [0.4, 0.5) is 0 Å². The molecule has 1 aromatic rings. The van der Waals surface area contributed by atoms with Gasteiger partial charge in [0.25, 0.3) is 5.91 Å². The van der Waals surface area contributed by atoms with Gasteiger partial charge in [-0.25, -0.2) is 4.98 Å². The van der Waals surface area contributed by atoms with Crippen LogP contribution in [0.1, 0.15) is 49.5 Å². The molecule has 5 heteroatoms. The Morgan fingerprint density at radius 3 is 2.79 bits per heavy atom. The molecular formula is C14H23N3OS. The summed E-state index contributed by atoms with van der Waals surface area (Å²) in [6.07, 6.45) is 0.985. The van der Waals surface area contributed by atoms with Crippen LogP contribution in [0.2, 0.25) is 0 Å². The lowest BCUT2D eigenvalue weighted by molar-refractivity contribution is 0.0779. The summed E-state index contributed by atoms with van der Waals surface area (Å²) < 4.78 is 0. The molecule has 2 heterocycles. The summed E-state index contributed by atoms with van der Waals surface area (Å²) in [4.78, 5) is 19.7. The fourth-order valence-corrected chi connectivity index (χ4v) is 3.40. The number of hydrogen-bond acceptors (Lipinski definition) is 4. The van der Waals surface area contributed by atoms with Crippen LogP contribution < -0.4 is 5.73 Å². The molecule has 4 nitrogen and oxygen atoms in total. The standard InChI is InChI=1S/C14H23N3OS/c1-13(2,3)11-10(19-9-16-11)12(18)17-6-5-14(4,7-15)8-17/h9H,5-8,15H2,1-4H3. The minimum Gasteiger partial charge on any atom is -0.337 e. The van der Waals surface area contributed by atoms with Gasteiger partial charge in [0.15, 0.2) is 0 Å². The number of aromatic nitrogens is 1. The molecular weight excluding hydrogens is 258 g/mol. The average molecular weight is 281 g/mol. The highest BCUT2D eigenvalue weighted by Gasteiger charge is 2.37. The molecule has 0 radical (unpaired) electrons. The lowest BCUT2D eigenvalue weighted by Crippen LogP contribution is -2.35. The van der Waals surface area contributed by atoms with Crippen LogP contribution in [0.3, 0.4) is 0 Å². The van der Waals surface area contributed by atoms with Gasteiger partial charge in [-0.2, -0.15) is 0 Å². The number of hydrogen-bond donors (Lipinski definition) is 1. The number of carbonyl (C=O) groups is 1. The Morgan fingerprint density at radius 2 is 2.26 bits per heavy atom. The van der Waals surface area contributed by atoms with E-state index in [1.807, 2.05) is 4.90 Å². The Hall–Kier alpha value is -0.940. The predicted molar refractivity (Wildman–Crippen MR) is 78.5 cm³/mol. The van der Waals surface area contributed by atoms with Crippen molar-refractivity contribution < 1.29 is 4.79 Å². The zero-order valence-electron chi connectivity index (χ0n) is 12.2. The lowest BCUT2D eigenvalue weighted by Gasteiger charge is -2.23. The third-order valence-electron chi connectivity index (χ3n) is 3.81. The van der Waals surface area contributed by atoms with Crippen molar-refractivity contribution in [1.82, 2.24) is 9.88 Å². The van der Waals surface area contributed by atoms with E-state index < -0.39 is 0 Å². The topological polar surface area (TPSA) is 59.2 Å². The quantitative estimate of drug-likeness (QED) is 0.904. The van der Waals surface area contributed by atoms with Crippen LogP contribution in [0, 0.1) is 5.41 Å². The maximum absolute atomic E-state index is 12.6. The molecule has 1 atom stereocenters. The first kappa shape index (κ1) is 14.5. The molecule has 1 aromatic heterocycles. The minimum atomic E-state index is -0.0953. The van der Waals surface area contributed by atoms with Crippen LogP contribution in [0.15, 0.2) is 5.51 Å². The molecule has 2 rings (SSSR count). The van der Waals surface area contributed by atoms with E-state index in [2.05, 4.69) is 32.7 Å². The molecule has 19 heavy (non-hydrogen) atoms. The number of likely N-dealkylation sites (tertiary alicyclic amines) is 1. The van der Waals surface area contributed by atoms with Crippen LogP contribution >= 0.6 is 11.3 Å². The van der Waals surface area contributed by atoms with E-state index in [4.69, 9.17) is 5.73 Å². The van der Waals surface area contributed by atoms with Crippen molar-refractivity contribution in [2.45, 2.75) is 39.5 Å². The number of rotatable bonds is 2. The summed E-state index contributed by atoms with van der Waals surface area (Å²) >= 11 is 1.45. The van der Waals surface area contributed by atoms with Gasteiger partial charge < -0.3 is 10.6 Å². The molecule has 0 saturated carbocycles. The van der Waals surface area contributed by atoms with Crippen molar-refractivity contribution in [3.8, 4) is 0 Å². The number of nitrogens with two attached hydrogens (primary N) is 1. The summed E-state index contributed by atoms with van der Waals surface area (Å²) in [6, 6.07) is 0. The lowest BCUT2D eigenvalue weighted by atomic mass is 9.90. The highest BCUT2D eigenvalue weighted by molar-refractivity contribution is 7.11. The Morgan fingerprint density at radius 1 is 1.58 bits per heavy atom. The van der Waals surface area contributed by atoms with E-state index in [0.717, 1.165) is 30.1 Å². The van der Waals surface area contributed by atoms with E-state index in [0.29, 0.717) is 6.54 Å². The van der Waals surface area contributed by atoms with Gasteiger partial charge in [0.1, 0.15) is 4.88 Å². The van der Waals surface area contributed by atoms with E-state index in [-0.39, 0.29) is 16.7 Å². The molecule has 0 aliphatic carbocycles. The molecule has 1 fully saturated rings. The monoisotopic (exact) mass is 281 g/mol. The molecule has 1 unspecified atom stereocenters. The van der Waals surface area contributed by atoms with E-state index in [9.17, 15) is 4.79 Å². The molecule has 1 amide bonds. The van der Waals surface area contributed by atoms with Gasteiger partial charge in [-0.15, -0.1) is 11.3 Å². The normalized spacial score (nSPS) is 23.9. The SMILES string of the molecule is CC1(CN)CCN(C(=O)c2scnc2C(C)(C)C)C1. The molecule has 0 bridgehead atoms. The van der Waals surface area contributed by atoms with Crippen LogP contribution in [0.25, 0.3) is 0 Å². The van der Waals surface area contributed by atoms with Gasteiger partial charge in [-0.3, -0.25) is 4.79 Å². The first-order valence-corrected chi connectivity index (χ1v) is 7.58. The molecule has 106 valence electrons. The van der Waals surface area contributed by atoms with Gasteiger partial charge in [0, 0.05) is 18.5 Å². The second-order valence-corrected chi connectivity index (χ2v) is 7.63. The zero-order valence-corrected chi connectivity index (χ0v) is 13.0. The largest absolute Gasteiger partial charge is 0.337 e. The second kappa shape index (κ2) is 4.87. The van der Waals surface area contributed by atoms with Gasteiger partial charge >= 0.3 is 0 Å². The fraction of sp³-hybridized carbons (Fsp3) is 0.714. The fourth-order valence-electron chi connectivity index (χ4n) is 2.44. The Balaban J connectivity index is 2.21. The van der Waals surface area contributed by atoms with Crippen LogP contribution in [-0.4, -0.2) is 35.4 Å². The summed E-state index contributed by atoms with van der Waals surface area (Å²) in [5, 5.41) is 0. The van der Waals surface area contributed by atoms with Crippen molar-refractivity contribution in [3.05, 3.63) is 16.1 Å². The van der Waals surface area contributed by atoms with Crippen LogP contribution in [0.5, 0.6) is 0 Å². The average Bonchev–Trinajstić information content (AvgIpc) is 2.94. The number of carbonyl (C=O) groups excluding carboxylic acids is 1. The van der Waals surface area contributed by atoms with E-state index >= 15 is 0 Å². The predicted octanol–water partition coefficient (Wildman–Crippen LogP) is 2.25. The first-order chi connectivity index (χ1) is 8.77. The van der Waals surface area contributed by atoms with Crippen LogP contribution in [-0.2, 0) is 5.41 Å². The molecule has 1 saturated heterocycles.